The fourth-order valence-electron chi connectivity index (χ4n) is 1.24. The smallest absolute Gasteiger partial charge is 0.220 e. The summed E-state index contributed by atoms with van der Waals surface area (Å²) in [5.74, 6) is 0.230. The molecule has 66 valence electrons. The topological polar surface area (TPSA) is 29.1 Å². The monoisotopic (exact) mass is 157 g/mol. The Morgan fingerprint density at radius 2 is 2.18 bits per heavy atom. The molecular formula is C9H19NO. The van der Waals surface area contributed by atoms with Gasteiger partial charge in [-0.25, -0.2) is 0 Å². The van der Waals surface area contributed by atoms with Crippen molar-refractivity contribution in [2.45, 2.75) is 52.5 Å². The van der Waals surface area contributed by atoms with Crippen molar-refractivity contribution in [1.82, 2.24) is 5.32 Å². The van der Waals surface area contributed by atoms with Gasteiger partial charge in [0.15, 0.2) is 0 Å². The molecule has 2 heteroatoms. The second-order valence-corrected chi connectivity index (χ2v) is 2.59. The summed E-state index contributed by atoms with van der Waals surface area (Å²) < 4.78 is 0. The van der Waals surface area contributed by atoms with Gasteiger partial charge in [-0.3, -0.25) is 4.79 Å². The standard InChI is InChI=1S/C7H13NO.C2H6/c1-2-3-6-4-5-7(9)8-6;1-2/h6H,2-5H2,1H3,(H,8,9);1-2H3. The van der Waals surface area contributed by atoms with E-state index in [4.69, 9.17) is 0 Å². The summed E-state index contributed by atoms with van der Waals surface area (Å²) >= 11 is 0. The van der Waals surface area contributed by atoms with Crippen molar-refractivity contribution in [3.8, 4) is 0 Å². The first-order chi connectivity index (χ1) is 5.33. The lowest BCUT2D eigenvalue weighted by atomic mass is 10.1. The molecule has 0 saturated carbocycles. The lowest BCUT2D eigenvalue weighted by Crippen LogP contribution is -2.24. The summed E-state index contributed by atoms with van der Waals surface area (Å²) in [6.07, 6.45) is 4.11. The molecule has 0 radical (unpaired) electrons. The Kier molecular flexibility index (Phi) is 5.90. The second kappa shape index (κ2) is 6.20. The zero-order chi connectivity index (χ0) is 8.69. The Bertz CT molecular complexity index is 112. The Morgan fingerprint density at radius 3 is 2.55 bits per heavy atom. The molecule has 1 fully saturated rings. The van der Waals surface area contributed by atoms with Gasteiger partial charge in [-0.05, 0) is 12.8 Å². The van der Waals surface area contributed by atoms with Crippen molar-refractivity contribution in [3.05, 3.63) is 0 Å². The zero-order valence-corrected chi connectivity index (χ0v) is 7.81. The van der Waals surface area contributed by atoms with Gasteiger partial charge in [-0.2, -0.15) is 0 Å². The molecule has 1 N–H and O–H groups in total. The molecule has 0 aromatic rings. The van der Waals surface area contributed by atoms with Crippen molar-refractivity contribution in [2.24, 2.45) is 0 Å². The lowest BCUT2D eigenvalue weighted by Gasteiger charge is -2.05. The van der Waals surface area contributed by atoms with Crippen LogP contribution in [0.4, 0.5) is 0 Å². The molecule has 1 aliphatic rings. The minimum Gasteiger partial charge on any atom is -0.353 e. The molecule has 1 amide bonds. The van der Waals surface area contributed by atoms with E-state index in [1.165, 1.54) is 6.42 Å². The van der Waals surface area contributed by atoms with Crippen LogP contribution < -0.4 is 5.32 Å². The van der Waals surface area contributed by atoms with E-state index in [0.717, 1.165) is 19.3 Å². The highest BCUT2D eigenvalue weighted by Gasteiger charge is 2.18. The maximum atomic E-state index is 10.6. The summed E-state index contributed by atoms with van der Waals surface area (Å²) in [6.45, 7) is 6.14. The molecule has 1 heterocycles. The number of hydrogen-bond donors (Lipinski definition) is 1. The molecule has 1 saturated heterocycles. The van der Waals surface area contributed by atoms with Crippen molar-refractivity contribution < 1.29 is 4.79 Å². The van der Waals surface area contributed by atoms with Gasteiger partial charge in [0.1, 0.15) is 0 Å². The maximum Gasteiger partial charge on any atom is 0.220 e. The van der Waals surface area contributed by atoms with Crippen molar-refractivity contribution in [1.29, 1.82) is 0 Å². The van der Waals surface area contributed by atoms with Crippen LogP contribution in [0.2, 0.25) is 0 Å². The van der Waals surface area contributed by atoms with E-state index >= 15 is 0 Å². The van der Waals surface area contributed by atoms with Crippen LogP contribution >= 0.6 is 0 Å². The van der Waals surface area contributed by atoms with Crippen LogP contribution in [0.3, 0.4) is 0 Å². The molecule has 1 rings (SSSR count). The van der Waals surface area contributed by atoms with Crippen LogP contribution in [0.25, 0.3) is 0 Å². The Morgan fingerprint density at radius 1 is 1.55 bits per heavy atom. The molecule has 0 aromatic carbocycles. The highest BCUT2D eigenvalue weighted by atomic mass is 16.1. The normalized spacial score (nSPS) is 22.1. The number of hydrogen-bond acceptors (Lipinski definition) is 1. The van der Waals surface area contributed by atoms with Crippen LogP contribution in [-0.2, 0) is 4.79 Å². The average molecular weight is 157 g/mol. The van der Waals surface area contributed by atoms with Gasteiger partial charge >= 0.3 is 0 Å². The largest absolute Gasteiger partial charge is 0.353 e. The number of amides is 1. The molecule has 1 atom stereocenters. The first-order valence-corrected chi connectivity index (χ1v) is 4.62. The second-order valence-electron chi connectivity index (χ2n) is 2.59. The Labute approximate surface area is 69.4 Å². The molecule has 2 nitrogen and oxygen atoms in total. The van der Waals surface area contributed by atoms with E-state index in [2.05, 4.69) is 12.2 Å². The van der Waals surface area contributed by atoms with E-state index in [0.29, 0.717) is 6.04 Å². The van der Waals surface area contributed by atoms with E-state index in [9.17, 15) is 4.79 Å². The van der Waals surface area contributed by atoms with Crippen molar-refractivity contribution in [3.63, 3.8) is 0 Å². The van der Waals surface area contributed by atoms with Gasteiger partial charge in [0.25, 0.3) is 0 Å². The molecule has 0 aliphatic carbocycles. The summed E-state index contributed by atoms with van der Waals surface area (Å²) in [5, 5.41) is 2.92. The zero-order valence-electron chi connectivity index (χ0n) is 7.81. The van der Waals surface area contributed by atoms with Gasteiger partial charge in [0, 0.05) is 12.5 Å². The third-order valence-electron chi connectivity index (χ3n) is 1.72. The van der Waals surface area contributed by atoms with Gasteiger partial charge in [-0.15, -0.1) is 0 Å². The van der Waals surface area contributed by atoms with E-state index in [1.54, 1.807) is 0 Å². The fourth-order valence-corrected chi connectivity index (χ4v) is 1.24. The summed E-state index contributed by atoms with van der Waals surface area (Å²) in [4.78, 5) is 10.6. The first kappa shape index (κ1) is 10.5. The third-order valence-corrected chi connectivity index (χ3v) is 1.72. The molecule has 0 aromatic heterocycles. The molecule has 1 aliphatic heterocycles. The van der Waals surface area contributed by atoms with Crippen molar-refractivity contribution in [2.75, 3.05) is 0 Å². The number of nitrogens with one attached hydrogen (secondary N) is 1. The molecule has 11 heavy (non-hydrogen) atoms. The number of rotatable bonds is 2. The highest BCUT2D eigenvalue weighted by molar-refractivity contribution is 5.78. The highest BCUT2D eigenvalue weighted by Crippen LogP contribution is 2.10. The van der Waals surface area contributed by atoms with Crippen LogP contribution in [0, 0.1) is 0 Å². The maximum absolute atomic E-state index is 10.6. The van der Waals surface area contributed by atoms with Crippen LogP contribution in [0.5, 0.6) is 0 Å². The summed E-state index contributed by atoms with van der Waals surface area (Å²) in [7, 11) is 0. The lowest BCUT2D eigenvalue weighted by molar-refractivity contribution is -0.119. The first-order valence-electron chi connectivity index (χ1n) is 4.62. The minimum absolute atomic E-state index is 0.230. The molecular weight excluding hydrogens is 138 g/mol. The summed E-state index contributed by atoms with van der Waals surface area (Å²) in [6, 6.07) is 0.488. The van der Waals surface area contributed by atoms with E-state index < -0.39 is 0 Å². The predicted molar refractivity (Wildman–Crippen MR) is 47.4 cm³/mol. The minimum atomic E-state index is 0.230. The van der Waals surface area contributed by atoms with Crippen LogP contribution in [0.15, 0.2) is 0 Å². The SMILES string of the molecule is CC.CCCC1CCC(=O)N1. The Balaban J connectivity index is 0.000000461. The van der Waals surface area contributed by atoms with Gasteiger partial charge < -0.3 is 5.32 Å². The predicted octanol–water partition coefficient (Wildman–Crippen LogP) is 2.09. The van der Waals surface area contributed by atoms with E-state index in [-0.39, 0.29) is 5.91 Å². The number of carbonyl (C=O) groups excluding carboxylic acids is 1. The number of carbonyl (C=O) groups is 1. The third kappa shape index (κ3) is 4.02. The quantitative estimate of drug-likeness (QED) is 0.653. The Hall–Kier alpha value is -0.530. The molecule has 1 unspecified atom stereocenters. The van der Waals surface area contributed by atoms with E-state index in [1.807, 2.05) is 13.8 Å². The van der Waals surface area contributed by atoms with Gasteiger partial charge in [-0.1, -0.05) is 27.2 Å². The van der Waals surface area contributed by atoms with Gasteiger partial charge in [0.2, 0.25) is 5.91 Å². The molecule has 0 spiro atoms. The fraction of sp³-hybridized carbons (Fsp3) is 0.889. The van der Waals surface area contributed by atoms with Crippen LogP contribution in [-0.4, -0.2) is 11.9 Å². The van der Waals surface area contributed by atoms with Gasteiger partial charge in [0.05, 0.1) is 0 Å². The summed E-state index contributed by atoms with van der Waals surface area (Å²) in [5.41, 5.74) is 0. The molecule has 0 bridgehead atoms. The van der Waals surface area contributed by atoms with Crippen LogP contribution in [0.1, 0.15) is 46.5 Å². The van der Waals surface area contributed by atoms with Crippen molar-refractivity contribution >= 4 is 5.91 Å². The average Bonchev–Trinajstić information content (AvgIpc) is 2.41.